The number of rotatable bonds is 2. The number of benzene rings is 1. The van der Waals surface area contributed by atoms with E-state index in [9.17, 15) is 13.2 Å². The lowest BCUT2D eigenvalue weighted by molar-refractivity contribution is 0.0712. The molecule has 1 aliphatic rings. The van der Waals surface area contributed by atoms with Gasteiger partial charge in [-0.25, -0.2) is 8.42 Å². The van der Waals surface area contributed by atoms with E-state index < -0.39 is 9.84 Å². The van der Waals surface area contributed by atoms with Gasteiger partial charge in [-0.1, -0.05) is 12.1 Å². The third-order valence-corrected chi connectivity index (χ3v) is 5.16. The fourth-order valence-corrected chi connectivity index (χ4v) is 3.81. The molecule has 1 aromatic rings. The van der Waals surface area contributed by atoms with Crippen molar-refractivity contribution in [3.63, 3.8) is 0 Å². The van der Waals surface area contributed by atoms with Crippen LogP contribution in [0.15, 0.2) is 24.3 Å². The van der Waals surface area contributed by atoms with E-state index >= 15 is 0 Å². The average Bonchev–Trinajstić information content (AvgIpc) is 2.37. The number of hydrogen-bond donors (Lipinski definition) is 1. The van der Waals surface area contributed by atoms with Crippen molar-refractivity contribution in [2.75, 3.05) is 18.1 Å². The van der Waals surface area contributed by atoms with Crippen LogP contribution in [0.4, 0.5) is 0 Å². The molecule has 0 radical (unpaired) electrons. The number of nitrogens with zero attached hydrogens (tertiary/aromatic N) is 1. The van der Waals surface area contributed by atoms with Gasteiger partial charge >= 0.3 is 0 Å². The van der Waals surface area contributed by atoms with E-state index in [4.69, 9.17) is 5.73 Å². The second kappa shape index (κ2) is 6.56. The lowest BCUT2D eigenvalue weighted by Gasteiger charge is -2.33. The van der Waals surface area contributed by atoms with Gasteiger partial charge in [-0.3, -0.25) is 4.79 Å². The molecule has 112 valence electrons. The van der Waals surface area contributed by atoms with Crippen molar-refractivity contribution in [2.45, 2.75) is 19.5 Å². The Morgan fingerprint density at radius 2 is 1.95 bits per heavy atom. The van der Waals surface area contributed by atoms with Gasteiger partial charge in [0.1, 0.15) is 0 Å². The summed E-state index contributed by atoms with van der Waals surface area (Å²) < 4.78 is 23.0. The molecule has 1 aliphatic heterocycles. The van der Waals surface area contributed by atoms with Crippen LogP contribution in [0.5, 0.6) is 0 Å². The minimum absolute atomic E-state index is 0. The lowest BCUT2D eigenvalue weighted by Crippen LogP contribution is -2.49. The largest absolute Gasteiger partial charge is 0.334 e. The Labute approximate surface area is 125 Å². The molecule has 0 bridgehead atoms. The van der Waals surface area contributed by atoms with Crippen molar-refractivity contribution in [1.82, 2.24) is 4.90 Å². The summed E-state index contributed by atoms with van der Waals surface area (Å²) in [6, 6.07) is 6.83. The van der Waals surface area contributed by atoms with Crippen LogP contribution in [-0.4, -0.2) is 43.3 Å². The molecule has 1 saturated heterocycles. The fraction of sp³-hybridized carbons (Fsp3) is 0.462. The smallest absolute Gasteiger partial charge is 0.254 e. The highest BCUT2D eigenvalue weighted by Crippen LogP contribution is 2.15. The molecule has 0 aliphatic carbocycles. The second-order valence-corrected chi connectivity index (χ2v) is 7.09. The molecule has 1 amide bonds. The molecule has 0 aromatic heterocycles. The predicted molar refractivity (Wildman–Crippen MR) is 80.7 cm³/mol. The van der Waals surface area contributed by atoms with E-state index in [-0.39, 0.29) is 42.4 Å². The van der Waals surface area contributed by atoms with Crippen molar-refractivity contribution in [3.05, 3.63) is 35.4 Å². The highest BCUT2D eigenvalue weighted by molar-refractivity contribution is 7.91. The monoisotopic (exact) mass is 318 g/mol. The van der Waals surface area contributed by atoms with Crippen LogP contribution in [0.25, 0.3) is 0 Å². The topological polar surface area (TPSA) is 80.5 Å². The van der Waals surface area contributed by atoms with Crippen LogP contribution >= 0.6 is 12.4 Å². The molecular weight excluding hydrogens is 300 g/mol. The second-order valence-electron chi connectivity index (χ2n) is 4.86. The molecule has 20 heavy (non-hydrogen) atoms. The maximum atomic E-state index is 12.3. The zero-order valence-corrected chi connectivity index (χ0v) is 12.9. The van der Waals surface area contributed by atoms with Crippen LogP contribution in [0.1, 0.15) is 22.8 Å². The maximum Gasteiger partial charge on any atom is 0.254 e. The SMILES string of the molecule is CC1CS(=O)(=O)CCN1C(=O)c1ccc(CN)cc1.Cl. The van der Waals surface area contributed by atoms with Gasteiger partial charge < -0.3 is 10.6 Å². The molecule has 1 unspecified atom stereocenters. The zero-order valence-electron chi connectivity index (χ0n) is 11.3. The molecule has 1 fully saturated rings. The van der Waals surface area contributed by atoms with Crippen molar-refractivity contribution in [3.8, 4) is 0 Å². The van der Waals surface area contributed by atoms with Gasteiger partial charge in [-0.05, 0) is 24.6 Å². The van der Waals surface area contributed by atoms with Crippen LogP contribution in [0.2, 0.25) is 0 Å². The quantitative estimate of drug-likeness (QED) is 0.875. The first-order valence-corrected chi connectivity index (χ1v) is 8.05. The van der Waals surface area contributed by atoms with E-state index in [1.807, 2.05) is 12.1 Å². The maximum absolute atomic E-state index is 12.3. The molecule has 2 rings (SSSR count). The molecule has 0 spiro atoms. The number of carbonyl (C=O) groups is 1. The third kappa shape index (κ3) is 3.71. The fourth-order valence-electron chi connectivity index (χ4n) is 2.25. The summed E-state index contributed by atoms with van der Waals surface area (Å²) >= 11 is 0. The van der Waals surface area contributed by atoms with Crippen LogP contribution in [0.3, 0.4) is 0 Å². The highest BCUT2D eigenvalue weighted by Gasteiger charge is 2.31. The van der Waals surface area contributed by atoms with Crippen molar-refractivity contribution < 1.29 is 13.2 Å². The molecule has 5 nitrogen and oxygen atoms in total. The van der Waals surface area contributed by atoms with Crippen LogP contribution in [-0.2, 0) is 16.4 Å². The van der Waals surface area contributed by atoms with E-state index in [0.717, 1.165) is 5.56 Å². The normalized spacial score (nSPS) is 21.1. The molecule has 0 saturated carbocycles. The molecule has 1 heterocycles. The summed E-state index contributed by atoms with van der Waals surface area (Å²) in [5.74, 6) is -0.0326. The number of sulfone groups is 1. The molecular formula is C13H19ClN2O3S. The van der Waals surface area contributed by atoms with E-state index in [1.165, 1.54) is 0 Å². The molecule has 2 N–H and O–H groups in total. The van der Waals surface area contributed by atoms with Gasteiger partial charge in [0.05, 0.1) is 11.5 Å². The Hall–Kier alpha value is -1.11. The van der Waals surface area contributed by atoms with Gasteiger partial charge in [-0.15, -0.1) is 12.4 Å². The zero-order chi connectivity index (χ0) is 14.0. The van der Waals surface area contributed by atoms with Crippen molar-refractivity contribution in [2.24, 2.45) is 5.73 Å². The first-order chi connectivity index (χ1) is 8.93. The summed E-state index contributed by atoms with van der Waals surface area (Å²) in [5.41, 5.74) is 7.04. The summed E-state index contributed by atoms with van der Waals surface area (Å²) in [6.07, 6.45) is 0. The lowest BCUT2D eigenvalue weighted by atomic mass is 10.1. The van der Waals surface area contributed by atoms with E-state index in [2.05, 4.69) is 0 Å². The van der Waals surface area contributed by atoms with Gasteiger partial charge in [0.15, 0.2) is 9.84 Å². The van der Waals surface area contributed by atoms with Gasteiger partial charge in [0.25, 0.3) is 5.91 Å². The number of carbonyl (C=O) groups excluding carboxylic acids is 1. The molecule has 1 aromatic carbocycles. The minimum Gasteiger partial charge on any atom is -0.334 e. The van der Waals surface area contributed by atoms with E-state index in [0.29, 0.717) is 12.1 Å². The Morgan fingerprint density at radius 1 is 1.35 bits per heavy atom. The van der Waals surface area contributed by atoms with E-state index in [1.54, 1.807) is 24.0 Å². The Morgan fingerprint density at radius 3 is 2.45 bits per heavy atom. The number of nitrogens with two attached hydrogens (primary N) is 1. The Bertz CT molecular complexity index is 572. The Kier molecular flexibility index (Phi) is 5.56. The number of amides is 1. The molecule has 7 heteroatoms. The van der Waals surface area contributed by atoms with Crippen molar-refractivity contribution >= 4 is 28.2 Å². The summed E-state index contributed by atoms with van der Waals surface area (Å²) in [6.45, 7) is 2.47. The van der Waals surface area contributed by atoms with Crippen LogP contribution < -0.4 is 5.73 Å². The standard InChI is InChI=1S/C13H18N2O3S.ClH/c1-10-9-19(17,18)7-6-15(10)13(16)12-4-2-11(8-14)3-5-12;/h2-5,10H,6-9,14H2,1H3;1H. The molecule has 1 atom stereocenters. The minimum atomic E-state index is -3.00. The summed E-state index contributed by atoms with van der Waals surface area (Å²) in [7, 11) is -3.00. The highest BCUT2D eigenvalue weighted by atomic mass is 35.5. The number of hydrogen-bond acceptors (Lipinski definition) is 4. The Balaban J connectivity index is 0.00000200. The van der Waals surface area contributed by atoms with Gasteiger partial charge in [0, 0.05) is 24.7 Å². The third-order valence-electron chi connectivity index (χ3n) is 3.37. The van der Waals surface area contributed by atoms with Gasteiger partial charge in [-0.2, -0.15) is 0 Å². The summed E-state index contributed by atoms with van der Waals surface area (Å²) in [5, 5.41) is 0. The van der Waals surface area contributed by atoms with Crippen LogP contribution in [0, 0.1) is 0 Å². The summed E-state index contributed by atoms with van der Waals surface area (Å²) in [4.78, 5) is 13.9. The van der Waals surface area contributed by atoms with Gasteiger partial charge in [0.2, 0.25) is 0 Å². The first kappa shape index (κ1) is 16.9. The predicted octanol–water partition coefficient (Wildman–Crippen LogP) is 0.826. The first-order valence-electron chi connectivity index (χ1n) is 6.23. The average molecular weight is 319 g/mol. The van der Waals surface area contributed by atoms with Crippen molar-refractivity contribution in [1.29, 1.82) is 0 Å². The number of halogens is 1.